The van der Waals surface area contributed by atoms with Crippen LogP contribution in [-0.4, -0.2) is 78.7 Å². The first-order chi connectivity index (χ1) is 22.3. The fraction of sp³-hybridized carbons (Fsp3) is 0.639. The van der Waals surface area contributed by atoms with Gasteiger partial charge in [-0.15, -0.1) is 0 Å². The van der Waals surface area contributed by atoms with E-state index in [-0.39, 0.29) is 47.2 Å². The molecule has 5 amide bonds. The molecule has 3 saturated carbocycles. The molecule has 1 aromatic rings. The number of likely N-dealkylation sites (N-methyl/N-ethyl adjacent to an activating group) is 1. The Kier molecular flexibility index (Phi) is 10.9. The smallest absolute Gasteiger partial charge is 0.290 e. The number of Topliss-reactive ketones (excluding diaryl/α,β-unsaturated/α-hetero) is 2. The van der Waals surface area contributed by atoms with Gasteiger partial charge in [-0.05, 0) is 47.0 Å². The number of amides is 5. The van der Waals surface area contributed by atoms with Crippen molar-refractivity contribution < 1.29 is 33.6 Å². The summed E-state index contributed by atoms with van der Waals surface area (Å²) in [5, 5.41) is 10.6. The van der Waals surface area contributed by atoms with Crippen LogP contribution in [0.15, 0.2) is 30.3 Å². The van der Waals surface area contributed by atoms with Crippen molar-refractivity contribution in [3.05, 3.63) is 35.9 Å². The van der Waals surface area contributed by atoms with Gasteiger partial charge in [0.05, 0.1) is 24.5 Å². The van der Waals surface area contributed by atoms with E-state index >= 15 is 0 Å². The molecule has 12 nitrogen and oxygen atoms in total. The van der Waals surface area contributed by atoms with Crippen LogP contribution in [0.3, 0.4) is 0 Å². The lowest BCUT2D eigenvalue weighted by Crippen LogP contribution is -2.54. The SMILES string of the molecule is CC(=O)N[C@H](C(=O)C1C[C@H]2[C@@H](C1C(=O)NC(CC1CC1)C(=O)C(=O)NCC(=O)NC(C(=O)N(C)C)c1ccccc1)C2(C)C)C(C)(C)C. The largest absolute Gasteiger partial charge is 0.347 e. The Morgan fingerprint density at radius 3 is 2.10 bits per heavy atom. The maximum absolute atomic E-state index is 14.0. The highest BCUT2D eigenvalue weighted by Crippen LogP contribution is 2.71. The fourth-order valence-electron chi connectivity index (χ4n) is 7.39. The van der Waals surface area contributed by atoms with E-state index in [2.05, 4.69) is 35.1 Å². The minimum absolute atomic E-state index is 0.0685. The molecule has 1 aromatic carbocycles. The molecule has 0 saturated heterocycles. The lowest BCUT2D eigenvalue weighted by molar-refractivity contribution is -0.142. The number of hydrogen-bond donors (Lipinski definition) is 4. The van der Waals surface area contributed by atoms with Crippen molar-refractivity contribution in [3.63, 3.8) is 0 Å². The van der Waals surface area contributed by atoms with Gasteiger partial charge in [-0.25, -0.2) is 0 Å². The molecule has 0 bridgehead atoms. The van der Waals surface area contributed by atoms with Crippen LogP contribution in [0.4, 0.5) is 0 Å². The van der Waals surface area contributed by atoms with Gasteiger partial charge in [-0.1, -0.05) is 77.8 Å². The zero-order chi connectivity index (χ0) is 35.7. The van der Waals surface area contributed by atoms with E-state index in [4.69, 9.17) is 0 Å². The van der Waals surface area contributed by atoms with Crippen LogP contribution in [0.2, 0.25) is 0 Å². The maximum atomic E-state index is 14.0. The van der Waals surface area contributed by atoms with Crippen molar-refractivity contribution in [3.8, 4) is 0 Å². The van der Waals surface area contributed by atoms with Crippen LogP contribution < -0.4 is 21.3 Å². The van der Waals surface area contributed by atoms with Gasteiger partial charge in [0, 0.05) is 26.9 Å². The van der Waals surface area contributed by atoms with Crippen molar-refractivity contribution in [1.82, 2.24) is 26.2 Å². The number of carbonyl (C=O) groups excluding carboxylic acids is 7. The number of nitrogens with one attached hydrogen (secondary N) is 4. The first-order valence-corrected chi connectivity index (χ1v) is 16.8. The van der Waals surface area contributed by atoms with Gasteiger partial charge in [-0.2, -0.15) is 0 Å². The predicted octanol–water partition coefficient (Wildman–Crippen LogP) is 1.93. The second-order valence-corrected chi connectivity index (χ2v) is 15.7. The molecule has 48 heavy (non-hydrogen) atoms. The summed E-state index contributed by atoms with van der Waals surface area (Å²) in [5.74, 6) is -4.97. The van der Waals surface area contributed by atoms with Crippen molar-refractivity contribution in [2.75, 3.05) is 20.6 Å². The molecule has 12 heteroatoms. The van der Waals surface area contributed by atoms with Gasteiger partial charge in [0.1, 0.15) is 6.04 Å². The topological polar surface area (TPSA) is 171 Å². The summed E-state index contributed by atoms with van der Waals surface area (Å²) in [4.78, 5) is 93.5. The van der Waals surface area contributed by atoms with E-state index < -0.39 is 65.4 Å². The number of hydrogen-bond acceptors (Lipinski definition) is 7. The zero-order valence-corrected chi connectivity index (χ0v) is 29.3. The molecule has 4 unspecified atom stereocenters. The number of ketones is 2. The summed E-state index contributed by atoms with van der Waals surface area (Å²) < 4.78 is 0. The highest BCUT2D eigenvalue weighted by atomic mass is 16.2. The van der Waals surface area contributed by atoms with Crippen molar-refractivity contribution in [2.45, 2.75) is 85.4 Å². The molecule has 3 aliphatic rings. The van der Waals surface area contributed by atoms with E-state index in [1.165, 1.54) is 11.8 Å². The molecule has 3 fully saturated rings. The number of fused-ring (bicyclic) bond motifs is 1. The molecule has 0 heterocycles. The number of rotatable bonds is 14. The van der Waals surface area contributed by atoms with Gasteiger partial charge in [-0.3, -0.25) is 33.6 Å². The molecule has 3 aliphatic carbocycles. The quantitative estimate of drug-likeness (QED) is 0.220. The Bertz CT molecular complexity index is 1450. The number of carbonyl (C=O) groups is 7. The first-order valence-electron chi connectivity index (χ1n) is 16.8. The Balaban J connectivity index is 1.45. The molecule has 0 spiro atoms. The molecule has 4 N–H and O–H groups in total. The number of benzene rings is 1. The van der Waals surface area contributed by atoms with Crippen LogP contribution in [0.25, 0.3) is 0 Å². The summed E-state index contributed by atoms with van der Waals surface area (Å²) in [6.07, 6.45) is 2.53. The minimum atomic E-state index is -1.12. The van der Waals surface area contributed by atoms with Crippen molar-refractivity contribution >= 4 is 41.1 Å². The highest BCUT2D eigenvalue weighted by Gasteiger charge is 2.70. The molecular weight excluding hydrogens is 614 g/mol. The summed E-state index contributed by atoms with van der Waals surface area (Å²) >= 11 is 0. The molecule has 0 aromatic heterocycles. The Labute approximate surface area is 282 Å². The number of nitrogens with zero attached hydrogens (tertiary/aromatic N) is 1. The van der Waals surface area contributed by atoms with Gasteiger partial charge >= 0.3 is 0 Å². The fourth-order valence-corrected chi connectivity index (χ4v) is 7.39. The standard InChI is InChI=1S/C36H51N5O7/c1-19(42)38-31(35(2,3)4)29(44)22-17-23-27(36(23,5)6)26(22)32(46)39-24(16-20-14-15-20)30(45)33(47)37-18-25(43)40-28(34(48)41(7)8)21-12-10-9-11-13-21/h9-13,20,22-24,26-28,31H,14-18H2,1-8H3,(H,37,47)(H,38,42)(H,39,46)(H,40,43)/t22?,23-,24?,26?,27-,28?,31+/m0/s1. The van der Waals surface area contributed by atoms with Gasteiger partial charge in [0.25, 0.3) is 5.91 Å². The van der Waals surface area contributed by atoms with E-state index in [9.17, 15) is 33.6 Å². The molecule has 262 valence electrons. The first kappa shape index (κ1) is 36.7. The van der Waals surface area contributed by atoms with E-state index in [0.29, 0.717) is 12.0 Å². The summed E-state index contributed by atoms with van der Waals surface area (Å²) in [6.45, 7) is 10.5. The third kappa shape index (κ3) is 8.30. The molecular formula is C36H51N5O7. The van der Waals surface area contributed by atoms with E-state index in [1.54, 1.807) is 44.4 Å². The van der Waals surface area contributed by atoms with Crippen molar-refractivity contribution in [2.24, 2.45) is 40.4 Å². The zero-order valence-electron chi connectivity index (χ0n) is 29.3. The Morgan fingerprint density at radius 2 is 1.56 bits per heavy atom. The van der Waals surface area contributed by atoms with E-state index in [0.717, 1.165) is 12.8 Å². The third-order valence-electron chi connectivity index (χ3n) is 10.3. The molecule has 7 atom stereocenters. The van der Waals surface area contributed by atoms with Crippen LogP contribution in [0.5, 0.6) is 0 Å². The summed E-state index contributed by atoms with van der Waals surface area (Å²) in [7, 11) is 3.14. The van der Waals surface area contributed by atoms with Gasteiger partial charge < -0.3 is 26.2 Å². The average Bonchev–Trinajstić information content (AvgIpc) is 3.87. The van der Waals surface area contributed by atoms with Crippen LogP contribution in [-0.2, 0) is 33.6 Å². The monoisotopic (exact) mass is 665 g/mol. The van der Waals surface area contributed by atoms with Crippen molar-refractivity contribution in [1.29, 1.82) is 0 Å². The lowest BCUT2D eigenvalue weighted by atomic mass is 9.74. The van der Waals surface area contributed by atoms with Gasteiger partial charge in [0.15, 0.2) is 5.78 Å². The van der Waals surface area contributed by atoms with E-state index in [1.807, 2.05) is 20.8 Å². The lowest BCUT2D eigenvalue weighted by Gasteiger charge is -2.35. The Morgan fingerprint density at radius 1 is 0.938 bits per heavy atom. The second-order valence-electron chi connectivity index (χ2n) is 15.7. The predicted molar refractivity (Wildman–Crippen MR) is 178 cm³/mol. The van der Waals surface area contributed by atoms with Gasteiger partial charge in [0.2, 0.25) is 29.4 Å². The third-order valence-corrected chi connectivity index (χ3v) is 10.3. The minimum Gasteiger partial charge on any atom is -0.347 e. The van der Waals surface area contributed by atoms with Crippen LogP contribution in [0, 0.1) is 40.4 Å². The summed E-state index contributed by atoms with van der Waals surface area (Å²) in [6, 6.07) is 5.79. The normalized spacial score (nSPS) is 24.2. The highest BCUT2D eigenvalue weighted by molar-refractivity contribution is 6.38. The van der Waals surface area contributed by atoms with Crippen LogP contribution in [0.1, 0.15) is 78.8 Å². The molecule has 0 radical (unpaired) electrons. The summed E-state index contributed by atoms with van der Waals surface area (Å²) in [5.41, 5.74) is -0.173. The second kappa shape index (κ2) is 14.2. The average molecular weight is 666 g/mol. The molecule has 4 rings (SSSR count). The maximum Gasteiger partial charge on any atom is 0.290 e. The molecule has 0 aliphatic heterocycles. The Hall–Kier alpha value is -4.09. The van der Waals surface area contributed by atoms with Crippen LogP contribution >= 0.6 is 0 Å².